The van der Waals surface area contributed by atoms with Gasteiger partial charge in [0, 0.05) is 0 Å². The van der Waals surface area contributed by atoms with Gasteiger partial charge in [0.15, 0.2) is 6.61 Å². The number of benzene rings is 2. The molecule has 0 unspecified atom stereocenters. The summed E-state index contributed by atoms with van der Waals surface area (Å²) in [5.41, 5.74) is 4.34. The number of hydrogen-bond donors (Lipinski definition) is 1. The Kier molecular flexibility index (Phi) is 7.95. The van der Waals surface area contributed by atoms with Gasteiger partial charge in [0.1, 0.15) is 16.4 Å². The summed E-state index contributed by atoms with van der Waals surface area (Å²) in [6, 6.07) is 18.1. The van der Waals surface area contributed by atoms with E-state index in [9.17, 15) is 9.59 Å². The first-order chi connectivity index (χ1) is 15.0. The van der Waals surface area contributed by atoms with Gasteiger partial charge in [-0.05, 0) is 59.2 Å². The molecule has 7 heteroatoms. The zero-order valence-corrected chi connectivity index (χ0v) is 18.2. The first kappa shape index (κ1) is 22.2. The van der Waals surface area contributed by atoms with E-state index in [0.29, 0.717) is 27.9 Å². The Morgan fingerprint density at radius 1 is 1.10 bits per heavy atom. The summed E-state index contributed by atoms with van der Waals surface area (Å²) >= 11 is 1.32. The van der Waals surface area contributed by atoms with Crippen molar-refractivity contribution in [2.24, 2.45) is 5.10 Å². The number of rotatable bonds is 9. The molecule has 1 aromatic heterocycles. The van der Waals surface area contributed by atoms with E-state index in [4.69, 9.17) is 9.47 Å². The number of carbonyl (C=O) groups is 2. The predicted octanol–water partition coefficient (Wildman–Crippen LogP) is 5.01. The number of amides is 1. The third-order valence-corrected chi connectivity index (χ3v) is 5.48. The molecule has 3 aromatic rings. The molecule has 1 N–H and O–H groups in total. The molecule has 0 spiro atoms. The van der Waals surface area contributed by atoms with Crippen molar-refractivity contribution in [1.29, 1.82) is 0 Å². The molecule has 2 aromatic carbocycles. The van der Waals surface area contributed by atoms with E-state index in [2.05, 4.69) is 24.4 Å². The minimum atomic E-state index is -0.410. The van der Waals surface area contributed by atoms with Crippen molar-refractivity contribution in [2.75, 3.05) is 6.61 Å². The second-order valence-corrected chi connectivity index (χ2v) is 7.85. The van der Waals surface area contributed by atoms with Crippen molar-refractivity contribution < 1.29 is 19.1 Å². The monoisotopic (exact) mass is 436 g/mol. The van der Waals surface area contributed by atoms with Crippen LogP contribution in [-0.4, -0.2) is 24.7 Å². The van der Waals surface area contributed by atoms with Gasteiger partial charge >= 0.3 is 5.97 Å². The maximum absolute atomic E-state index is 12.0. The Morgan fingerprint density at radius 2 is 1.90 bits per heavy atom. The zero-order chi connectivity index (χ0) is 22.1. The van der Waals surface area contributed by atoms with Gasteiger partial charge in [-0.25, -0.2) is 10.2 Å². The van der Waals surface area contributed by atoms with Gasteiger partial charge in [-0.2, -0.15) is 5.10 Å². The summed E-state index contributed by atoms with van der Waals surface area (Å²) in [6.07, 6.45) is 2.54. The molecule has 31 heavy (non-hydrogen) atoms. The van der Waals surface area contributed by atoms with E-state index in [-0.39, 0.29) is 12.5 Å². The second kappa shape index (κ2) is 11.1. The fourth-order valence-electron chi connectivity index (χ4n) is 2.70. The van der Waals surface area contributed by atoms with Gasteiger partial charge in [-0.1, -0.05) is 44.2 Å². The quantitative estimate of drug-likeness (QED) is 0.221. The van der Waals surface area contributed by atoms with Crippen LogP contribution in [0.2, 0.25) is 0 Å². The summed E-state index contributed by atoms with van der Waals surface area (Å²) in [4.78, 5) is 24.5. The highest BCUT2D eigenvalue weighted by atomic mass is 32.1. The number of hydrazone groups is 1. The third kappa shape index (κ3) is 6.79. The Labute approximate surface area is 185 Å². The molecule has 0 saturated heterocycles. The van der Waals surface area contributed by atoms with Crippen LogP contribution in [0.1, 0.15) is 47.0 Å². The van der Waals surface area contributed by atoms with Crippen LogP contribution in [-0.2, 0) is 4.79 Å². The molecule has 0 fully saturated rings. The maximum Gasteiger partial charge on any atom is 0.353 e. The van der Waals surface area contributed by atoms with Gasteiger partial charge in [0.05, 0.1) is 6.21 Å². The van der Waals surface area contributed by atoms with E-state index in [0.717, 1.165) is 6.42 Å². The van der Waals surface area contributed by atoms with Crippen molar-refractivity contribution in [1.82, 2.24) is 5.43 Å². The van der Waals surface area contributed by atoms with Crippen LogP contribution < -0.4 is 14.9 Å². The fraction of sp³-hybridized carbons (Fsp3) is 0.208. The fourth-order valence-corrected chi connectivity index (χ4v) is 3.30. The zero-order valence-electron chi connectivity index (χ0n) is 17.4. The van der Waals surface area contributed by atoms with Crippen molar-refractivity contribution >= 4 is 29.4 Å². The summed E-state index contributed by atoms with van der Waals surface area (Å²) < 4.78 is 10.8. The van der Waals surface area contributed by atoms with Crippen molar-refractivity contribution in [3.8, 4) is 11.5 Å². The van der Waals surface area contributed by atoms with Gasteiger partial charge in [-0.3, -0.25) is 4.79 Å². The Morgan fingerprint density at radius 3 is 2.61 bits per heavy atom. The lowest BCUT2D eigenvalue weighted by Crippen LogP contribution is -2.24. The molecule has 0 radical (unpaired) electrons. The minimum absolute atomic E-state index is 0.140. The standard InChI is InChI=1S/C24H24N2O4S/c1-3-17(2)19-9-11-20(12-10-19)29-16-23(27)26-25-15-18-6-4-7-21(14-18)30-24(28)22-8-5-13-31-22/h4-15,17H,3,16H2,1-2H3,(H,26,27)/b25-15-/t17-/m0/s1. The van der Waals surface area contributed by atoms with Crippen molar-refractivity contribution in [2.45, 2.75) is 26.2 Å². The molecule has 0 aliphatic rings. The molecule has 0 saturated carbocycles. The number of ether oxygens (including phenoxy) is 2. The summed E-state index contributed by atoms with van der Waals surface area (Å²) in [5.74, 6) is 0.739. The van der Waals surface area contributed by atoms with Gasteiger partial charge in [-0.15, -0.1) is 11.3 Å². The summed E-state index contributed by atoms with van der Waals surface area (Å²) in [6.45, 7) is 4.18. The molecule has 160 valence electrons. The first-order valence-electron chi connectivity index (χ1n) is 9.95. The van der Waals surface area contributed by atoms with Gasteiger partial charge in [0.25, 0.3) is 5.91 Å². The number of nitrogens with zero attached hydrogens (tertiary/aromatic N) is 1. The van der Waals surface area contributed by atoms with Crippen LogP contribution in [0.4, 0.5) is 0 Å². The first-order valence-corrected chi connectivity index (χ1v) is 10.8. The predicted molar refractivity (Wildman–Crippen MR) is 122 cm³/mol. The molecule has 6 nitrogen and oxygen atoms in total. The van der Waals surface area contributed by atoms with Gasteiger partial charge in [0.2, 0.25) is 0 Å². The van der Waals surface area contributed by atoms with Gasteiger partial charge < -0.3 is 9.47 Å². The average Bonchev–Trinajstić information content (AvgIpc) is 3.33. The molecular formula is C24H24N2O4S. The SMILES string of the molecule is CC[C@H](C)c1ccc(OCC(=O)N/N=C\c2cccc(OC(=O)c3cccs3)c2)cc1. The Hall–Kier alpha value is -3.45. The summed E-state index contributed by atoms with van der Waals surface area (Å²) in [7, 11) is 0. The van der Waals surface area contributed by atoms with Crippen LogP contribution in [0.25, 0.3) is 0 Å². The lowest BCUT2D eigenvalue weighted by molar-refractivity contribution is -0.123. The van der Waals surface area contributed by atoms with E-state index < -0.39 is 5.97 Å². The highest BCUT2D eigenvalue weighted by Crippen LogP contribution is 2.21. The topological polar surface area (TPSA) is 77.0 Å². The van der Waals surface area contributed by atoms with E-state index in [1.807, 2.05) is 29.6 Å². The van der Waals surface area contributed by atoms with E-state index >= 15 is 0 Å². The summed E-state index contributed by atoms with van der Waals surface area (Å²) in [5, 5.41) is 5.74. The number of nitrogens with one attached hydrogen (secondary N) is 1. The third-order valence-electron chi connectivity index (χ3n) is 4.63. The number of carbonyl (C=O) groups excluding carboxylic acids is 2. The highest BCUT2D eigenvalue weighted by Gasteiger charge is 2.09. The Bertz CT molecular complexity index is 1030. The van der Waals surface area contributed by atoms with E-state index in [1.54, 1.807) is 36.4 Å². The normalized spacial score (nSPS) is 11.8. The van der Waals surface area contributed by atoms with E-state index in [1.165, 1.54) is 23.1 Å². The van der Waals surface area contributed by atoms with Crippen LogP contribution >= 0.6 is 11.3 Å². The highest BCUT2D eigenvalue weighted by molar-refractivity contribution is 7.12. The second-order valence-electron chi connectivity index (χ2n) is 6.90. The maximum atomic E-state index is 12.0. The molecule has 1 heterocycles. The van der Waals surface area contributed by atoms with Crippen molar-refractivity contribution in [3.63, 3.8) is 0 Å². The largest absolute Gasteiger partial charge is 0.484 e. The molecule has 0 bridgehead atoms. The Balaban J connectivity index is 1.46. The molecule has 3 rings (SSSR count). The number of esters is 1. The van der Waals surface area contributed by atoms with Crippen LogP contribution in [0.5, 0.6) is 11.5 Å². The molecule has 0 aliphatic carbocycles. The lowest BCUT2D eigenvalue weighted by Gasteiger charge is -2.10. The molecule has 1 atom stereocenters. The van der Waals surface area contributed by atoms with Crippen molar-refractivity contribution in [3.05, 3.63) is 82.0 Å². The molecule has 0 aliphatic heterocycles. The molecular weight excluding hydrogens is 412 g/mol. The smallest absolute Gasteiger partial charge is 0.353 e. The number of hydrogen-bond acceptors (Lipinski definition) is 6. The number of thiophene rings is 1. The molecule has 1 amide bonds. The minimum Gasteiger partial charge on any atom is -0.484 e. The van der Waals surface area contributed by atoms with Crippen LogP contribution in [0.15, 0.2) is 71.1 Å². The van der Waals surface area contributed by atoms with Crippen LogP contribution in [0.3, 0.4) is 0 Å². The lowest BCUT2D eigenvalue weighted by atomic mass is 9.99. The van der Waals surface area contributed by atoms with Crippen LogP contribution in [0, 0.1) is 0 Å². The average molecular weight is 437 g/mol.